The largest absolute Gasteiger partial charge is 0.507 e. The Hall–Kier alpha value is -4.13. The lowest BCUT2D eigenvalue weighted by Gasteiger charge is -2.25. The van der Waals surface area contributed by atoms with Gasteiger partial charge in [0.1, 0.15) is 23.1 Å². The number of hydrogen-bond acceptors (Lipinski definition) is 5. The van der Waals surface area contributed by atoms with Gasteiger partial charge < -0.3 is 14.6 Å². The molecular weight excluding hydrogens is 413 g/mol. The molecule has 1 aliphatic heterocycles. The third-order valence-electron chi connectivity index (χ3n) is 5.34. The van der Waals surface area contributed by atoms with Crippen LogP contribution in [0.25, 0.3) is 5.76 Å². The van der Waals surface area contributed by atoms with Crippen LogP contribution in [0.2, 0.25) is 0 Å². The number of carbonyl (C=O) groups excluding carboxylic acids is 2. The van der Waals surface area contributed by atoms with Crippen molar-refractivity contribution < 1.29 is 28.6 Å². The van der Waals surface area contributed by atoms with Crippen LogP contribution < -0.4 is 14.4 Å². The minimum atomic E-state index is -0.939. The summed E-state index contributed by atoms with van der Waals surface area (Å²) in [5, 5.41) is 11.1. The van der Waals surface area contributed by atoms with Crippen LogP contribution in [0.4, 0.5) is 10.1 Å². The fraction of sp³-hybridized carbons (Fsp3) is 0.120. The van der Waals surface area contributed by atoms with Crippen molar-refractivity contribution in [2.75, 3.05) is 19.1 Å². The Bertz CT molecular complexity index is 1180. The number of aliphatic hydroxyl groups excluding tert-OH is 1. The molecule has 3 aromatic rings. The van der Waals surface area contributed by atoms with Gasteiger partial charge in [-0.15, -0.1) is 0 Å². The maximum Gasteiger partial charge on any atom is 0.300 e. The first-order chi connectivity index (χ1) is 15.4. The van der Waals surface area contributed by atoms with Crippen LogP contribution in [0.3, 0.4) is 0 Å². The Morgan fingerprint density at radius 3 is 1.91 bits per heavy atom. The SMILES string of the molecule is COc1ccc(C(O)=C2C(=O)C(=O)N(c3ccc(OC)cc3)[C@H]2c2ccc(F)cc2)cc1. The minimum Gasteiger partial charge on any atom is -0.507 e. The molecule has 1 aliphatic rings. The number of benzene rings is 3. The van der Waals surface area contributed by atoms with Gasteiger partial charge in [-0.05, 0) is 66.2 Å². The molecule has 0 saturated carbocycles. The summed E-state index contributed by atoms with van der Waals surface area (Å²) in [5.41, 5.74) is 1.20. The average molecular weight is 433 g/mol. The summed E-state index contributed by atoms with van der Waals surface area (Å²) in [7, 11) is 3.04. The molecule has 162 valence electrons. The molecule has 0 spiro atoms. The summed E-state index contributed by atoms with van der Waals surface area (Å²) in [6.45, 7) is 0. The minimum absolute atomic E-state index is 0.0809. The molecule has 0 aliphatic carbocycles. The van der Waals surface area contributed by atoms with Crippen molar-refractivity contribution in [2.45, 2.75) is 6.04 Å². The highest BCUT2D eigenvalue weighted by molar-refractivity contribution is 6.51. The van der Waals surface area contributed by atoms with E-state index < -0.39 is 23.5 Å². The summed E-state index contributed by atoms with van der Waals surface area (Å²) in [4.78, 5) is 27.4. The van der Waals surface area contributed by atoms with Gasteiger partial charge in [0.05, 0.1) is 25.8 Å². The summed E-state index contributed by atoms with van der Waals surface area (Å²) in [5.74, 6) is -1.23. The molecule has 0 aromatic heterocycles. The van der Waals surface area contributed by atoms with E-state index in [-0.39, 0.29) is 11.3 Å². The van der Waals surface area contributed by atoms with Crippen molar-refractivity contribution in [1.29, 1.82) is 0 Å². The van der Waals surface area contributed by atoms with Gasteiger partial charge in [0, 0.05) is 11.3 Å². The van der Waals surface area contributed by atoms with Gasteiger partial charge in [-0.2, -0.15) is 0 Å². The monoisotopic (exact) mass is 433 g/mol. The fourth-order valence-electron chi connectivity index (χ4n) is 3.71. The van der Waals surface area contributed by atoms with E-state index in [1.807, 2.05) is 0 Å². The Morgan fingerprint density at radius 1 is 0.844 bits per heavy atom. The van der Waals surface area contributed by atoms with E-state index in [0.29, 0.717) is 28.3 Å². The lowest BCUT2D eigenvalue weighted by atomic mass is 9.95. The third kappa shape index (κ3) is 3.69. The molecule has 6 nitrogen and oxygen atoms in total. The van der Waals surface area contributed by atoms with Gasteiger partial charge in [-0.3, -0.25) is 14.5 Å². The van der Waals surface area contributed by atoms with Crippen molar-refractivity contribution in [2.24, 2.45) is 0 Å². The number of Topliss-reactive ketones (excluding diaryl/α,β-unsaturated/α-hetero) is 1. The topological polar surface area (TPSA) is 76.1 Å². The molecule has 32 heavy (non-hydrogen) atoms. The number of rotatable bonds is 5. The van der Waals surface area contributed by atoms with E-state index in [1.54, 1.807) is 48.5 Å². The number of methoxy groups -OCH3 is 2. The summed E-state index contributed by atoms with van der Waals surface area (Å²) in [6.07, 6.45) is 0. The van der Waals surface area contributed by atoms with E-state index in [9.17, 15) is 19.1 Å². The molecular formula is C25H20FNO5. The predicted molar refractivity (Wildman–Crippen MR) is 117 cm³/mol. The highest BCUT2D eigenvalue weighted by atomic mass is 19.1. The number of anilines is 1. The van der Waals surface area contributed by atoms with Crippen molar-refractivity contribution in [3.8, 4) is 11.5 Å². The first kappa shape index (κ1) is 21.1. The Morgan fingerprint density at radius 2 is 1.38 bits per heavy atom. The second-order valence-electron chi connectivity index (χ2n) is 7.15. The number of nitrogens with zero attached hydrogens (tertiary/aromatic N) is 1. The molecule has 1 atom stereocenters. The standard InChI is InChI=1S/C25H20FNO5/c1-31-19-11-5-16(6-12-19)23(28)21-22(15-3-7-17(26)8-4-15)27(25(30)24(21)29)18-9-13-20(32-2)14-10-18/h3-14,22,28H,1-2H3/t22-/m0/s1. The van der Waals surface area contributed by atoms with Crippen molar-refractivity contribution in [3.05, 3.63) is 95.3 Å². The highest BCUT2D eigenvalue weighted by Gasteiger charge is 2.46. The second-order valence-corrected chi connectivity index (χ2v) is 7.15. The van der Waals surface area contributed by atoms with Gasteiger partial charge in [0.25, 0.3) is 11.7 Å². The average Bonchev–Trinajstić information content (AvgIpc) is 3.09. The summed E-state index contributed by atoms with van der Waals surface area (Å²) in [6, 6.07) is 17.6. The van der Waals surface area contributed by atoms with Crippen LogP contribution in [0.15, 0.2) is 78.4 Å². The van der Waals surface area contributed by atoms with Gasteiger partial charge >= 0.3 is 0 Å². The first-order valence-corrected chi connectivity index (χ1v) is 9.79. The van der Waals surface area contributed by atoms with E-state index >= 15 is 0 Å². The number of carbonyl (C=O) groups is 2. The van der Waals surface area contributed by atoms with Gasteiger partial charge in [-0.25, -0.2) is 4.39 Å². The number of hydrogen-bond donors (Lipinski definition) is 1. The van der Waals surface area contributed by atoms with E-state index in [4.69, 9.17) is 9.47 Å². The number of aliphatic hydroxyl groups is 1. The molecule has 1 amide bonds. The number of amides is 1. The smallest absolute Gasteiger partial charge is 0.300 e. The molecule has 1 fully saturated rings. The van der Waals surface area contributed by atoms with Crippen LogP contribution in [0, 0.1) is 5.82 Å². The molecule has 7 heteroatoms. The zero-order valence-electron chi connectivity index (χ0n) is 17.4. The van der Waals surface area contributed by atoms with Crippen molar-refractivity contribution in [3.63, 3.8) is 0 Å². The zero-order valence-corrected chi connectivity index (χ0v) is 17.4. The third-order valence-corrected chi connectivity index (χ3v) is 5.34. The molecule has 1 saturated heterocycles. The predicted octanol–water partition coefficient (Wildman–Crippen LogP) is 4.47. The van der Waals surface area contributed by atoms with E-state index in [1.165, 1.54) is 43.4 Å². The Balaban J connectivity index is 1.89. The highest BCUT2D eigenvalue weighted by Crippen LogP contribution is 2.42. The molecule has 3 aromatic carbocycles. The molecule has 0 radical (unpaired) electrons. The normalized spacial score (nSPS) is 17.5. The van der Waals surface area contributed by atoms with Gasteiger partial charge in [0.2, 0.25) is 0 Å². The lowest BCUT2D eigenvalue weighted by molar-refractivity contribution is -0.132. The lowest BCUT2D eigenvalue weighted by Crippen LogP contribution is -2.29. The van der Waals surface area contributed by atoms with Crippen LogP contribution >= 0.6 is 0 Å². The molecule has 4 rings (SSSR count). The van der Waals surface area contributed by atoms with Gasteiger partial charge in [-0.1, -0.05) is 12.1 Å². The quantitative estimate of drug-likeness (QED) is 0.365. The van der Waals surface area contributed by atoms with Crippen LogP contribution in [0.5, 0.6) is 11.5 Å². The van der Waals surface area contributed by atoms with E-state index in [0.717, 1.165) is 0 Å². The number of ketones is 1. The van der Waals surface area contributed by atoms with E-state index in [2.05, 4.69) is 0 Å². The van der Waals surface area contributed by atoms with Crippen molar-refractivity contribution in [1.82, 2.24) is 0 Å². The second kappa shape index (κ2) is 8.55. The molecule has 1 heterocycles. The molecule has 1 N–H and O–H groups in total. The molecule has 0 bridgehead atoms. The van der Waals surface area contributed by atoms with Gasteiger partial charge in [0.15, 0.2) is 0 Å². The van der Waals surface area contributed by atoms with Crippen LogP contribution in [-0.2, 0) is 9.59 Å². The number of ether oxygens (including phenoxy) is 2. The Labute approximate surface area is 184 Å². The van der Waals surface area contributed by atoms with Crippen LogP contribution in [-0.4, -0.2) is 31.0 Å². The Kier molecular flexibility index (Phi) is 5.64. The molecule has 0 unspecified atom stereocenters. The first-order valence-electron chi connectivity index (χ1n) is 9.79. The van der Waals surface area contributed by atoms with Crippen molar-refractivity contribution >= 4 is 23.1 Å². The maximum atomic E-state index is 13.6. The zero-order chi connectivity index (χ0) is 22.8. The maximum absolute atomic E-state index is 13.6. The number of halogens is 1. The summed E-state index contributed by atoms with van der Waals surface area (Å²) >= 11 is 0. The summed E-state index contributed by atoms with van der Waals surface area (Å²) < 4.78 is 23.9. The van der Waals surface area contributed by atoms with Crippen LogP contribution in [0.1, 0.15) is 17.2 Å². The fourth-order valence-corrected chi connectivity index (χ4v) is 3.71.